The fourth-order valence-corrected chi connectivity index (χ4v) is 5.23. The molecule has 3 nitrogen and oxygen atoms in total. The van der Waals surface area contributed by atoms with Gasteiger partial charge >= 0.3 is 0 Å². The third kappa shape index (κ3) is 3.26. The summed E-state index contributed by atoms with van der Waals surface area (Å²) in [5.41, 5.74) is 2.72. The highest BCUT2D eigenvalue weighted by atomic mass is 32.1. The smallest absolute Gasteiger partial charge is 0.275 e. The van der Waals surface area contributed by atoms with Crippen molar-refractivity contribution in [3.05, 3.63) is 57.8 Å². The third-order valence-corrected chi connectivity index (χ3v) is 6.45. The van der Waals surface area contributed by atoms with Crippen LogP contribution < -0.4 is 10.2 Å². The topological polar surface area (TPSA) is 33.5 Å². The lowest BCUT2D eigenvalue weighted by Crippen LogP contribution is -3.11. The van der Waals surface area contributed by atoms with Gasteiger partial charge in [-0.15, -0.1) is 11.3 Å². The second-order valence-electron chi connectivity index (χ2n) is 7.01. The van der Waals surface area contributed by atoms with Crippen molar-refractivity contribution in [3.8, 4) is 0 Å². The van der Waals surface area contributed by atoms with Crippen molar-refractivity contribution in [3.63, 3.8) is 0 Å². The van der Waals surface area contributed by atoms with E-state index >= 15 is 0 Å². The number of hydrogen-bond acceptors (Lipinski definition) is 2. The maximum absolute atomic E-state index is 12.7. The molecule has 4 rings (SSSR count). The van der Waals surface area contributed by atoms with Crippen LogP contribution in [0, 0.1) is 0 Å². The van der Waals surface area contributed by atoms with Crippen LogP contribution in [0.1, 0.15) is 53.8 Å². The molecule has 1 aromatic heterocycles. The monoisotopic (exact) mass is 341 g/mol. The van der Waals surface area contributed by atoms with Gasteiger partial charge in [0.15, 0.2) is 6.54 Å². The maximum Gasteiger partial charge on any atom is 0.275 e. The van der Waals surface area contributed by atoms with E-state index in [1.807, 2.05) is 11.3 Å². The fraction of sp³-hybridized carbons (Fsp3) is 0.450. The number of benzene rings is 1. The Kier molecular flexibility index (Phi) is 4.67. The van der Waals surface area contributed by atoms with Crippen molar-refractivity contribution in [2.45, 2.75) is 44.2 Å². The molecule has 2 aliphatic rings. The average molecular weight is 342 g/mol. The van der Waals surface area contributed by atoms with Crippen molar-refractivity contribution < 1.29 is 9.69 Å². The van der Waals surface area contributed by atoms with Crippen LogP contribution in [0.5, 0.6) is 0 Å². The van der Waals surface area contributed by atoms with Gasteiger partial charge in [0.25, 0.3) is 5.91 Å². The lowest BCUT2D eigenvalue weighted by molar-refractivity contribution is -0.910. The van der Waals surface area contributed by atoms with Gasteiger partial charge in [0, 0.05) is 12.8 Å². The number of aryl methyl sites for hydroxylation is 1. The predicted molar refractivity (Wildman–Crippen MR) is 97.3 cm³/mol. The van der Waals surface area contributed by atoms with Crippen molar-refractivity contribution in [2.75, 3.05) is 13.1 Å². The maximum atomic E-state index is 12.7. The molecule has 0 spiro atoms. The molecule has 126 valence electrons. The molecule has 0 bridgehead atoms. The van der Waals surface area contributed by atoms with E-state index in [9.17, 15) is 4.79 Å². The Hall–Kier alpha value is -1.65. The Morgan fingerprint density at radius 2 is 2.08 bits per heavy atom. The van der Waals surface area contributed by atoms with E-state index in [-0.39, 0.29) is 11.9 Å². The number of quaternary nitrogens is 1. The minimum atomic E-state index is 0.199. The lowest BCUT2D eigenvalue weighted by atomic mass is 9.88. The summed E-state index contributed by atoms with van der Waals surface area (Å²) in [6.07, 6.45) is 5.79. The first kappa shape index (κ1) is 15.9. The molecule has 1 amide bonds. The molecular formula is C20H25N2OS+. The molecule has 2 heterocycles. The van der Waals surface area contributed by atoms with Gasteiger partial charge in [-0.05, 0) is 41.8 Å². The van der Waals surface area contributed by atoms with Crippen molar-refractivity contribution in [1.82, 2.24) is 5.32 Å². The van der Waals surface area contributed by atoms with Crippen LogP contribution in [0.25, 0.3) is 0 Å². The number of fused-ring (bicyclic) bond motifs is 1. The molecule has 1 unspecified atom stereocenters. The normalized spacial score (nSPS) is 26.1. The summed E-state index contributed by atoms with van der Waals surface area (Å²) in [4.78, 5) is 15.5. The summed E-state index contributed by atoms with van der Waals surface area (Å²) in [7, 11) is 0. The molecule has 0 radical (unpaired) electrons. The van der Waals surface area contributed by atoms with Crippen molar-refractivity contribution in [2.24, 2.45) is 0 Å². The molecule has 4 heteroatoms. The number of thiophene rings is 1. The van der Waals surface area contributed by atoms with Gasteiger partial charge in [-0.3, -0.25) is 4.79 Å². The number of amides is 1. The number of carbonyl (C=O) groups is 1. The second kappa shape index (κ2) is 7.08. The van der Waals surface area contributed by atoms with E-state index in [1.54, 1.807) is 0 Å². The Morgan fingerprint density at radius 3 is 2.96 bits per heavy atom. The molecule has 1 saturated heterocycles. The van der Waals surface area contributed by atoms with Crippen LogP contribution in [0.4, 0.5) is 0 Å². The molecule has 1 aromatic carbocycles. The van der Waals surface area contributed by atoms with Crippen LogP contribution in [-0.4, -0.2) is 19.0 Å². The molecule has 0 saturated carbocycles. The van der Waals surface area contributed by atoms with E-state index in [2.05, 4.69) is 47.1 Å². The van der Waals surface area contributed by atoms with Crippen LogP contribution in [0.3, 0.4) is 0 Å². The van der Waals surface area contributed by atoms with Crippen LogP contribution >= 0.6 is 11.3 Å². The molecule has 2 N–H and O–H groups in total. The summed E-state index contributed by atoms with van der Waals surface area (Å²) in [6.45, 7) is 1.71. The second-order valence-corrected chi connectivity index (χ2v) is 7.99. The van der Waals surface area contributed by atoms with E-state index in [4.69, 9.17) is 0 Å². The summed E-state index contributed by atoms with van der Waals surface area (Å²) >= 11 is 1.82. The van der Waals surface area contributed by atoms with E-state index in [0.717, 1.165) is 25.8 Å². The molecule has 1 aliphatic heterocycles. The molecule has 24 heavy (non-hydrogen) atoms. The molecular weight excluding hydrogens is 316 g/mol. The van der Waals surface area contributed by atoms with Gasteiger partial charge in [0.05, 0.1) is 17.5 Å². The fourth-order valence-electron chi connectivity index (χ4n) is 4.31. The molecule has 1 fully saturated rings. The SMILES string of the molecule is O=C(C[NH+]1CCC[C@@H]1c1cccs1)N[C@@H]1CCCc2ccccc21. The van der Waals surface area contributed by atoms with Crippen LogP contribution in [-0.2, 0) is 11.2 Å². The van der Waals surface area contributed by atoms with Crippen molar-refractivity contribution >= 4 is 17.2 Å². The highest BCUT2D eigenvalue weighted by Crippen LogP contribution is 2.29. The molecule has 3 atom stereocenters. The van der Waals surface area contributed by atoms with E-state index < -0.39 is 0 Å². The quantitative estimate of drug-likeness (QED) is 0.881. The summed E-state index contributed by atoms with van der Waals surface area (Å²) in [5.74, 6) is 0.204. The standard InChI is InChI=1S/C20H24N2OS/c23-20(14-22-12-4-10-18(22)19-11-5-13-24-19)21-17-9-3-7-15-6-1-2-8-16(15)17/h1-2,5-6,8,11,13,17-18H,3-4,7,9-10,12,14H2,(H,21,23)/p+1/t17-,18-/m1/s1. The number of carbonyl (C=O) groups excluding carboxylic acids is 1. The molecule has 1 aliphatic carbocycles. The number of nitrogens with one attached hydrogen (secondary N) is 2. The Morgan fingerprint density at radius 1 is 1.17 bits per heavy atom. The van der Waals surface area contributed by atoms with Gasteiger partial charge < -0.3 is 10.2 Å². The van der Waals surface area contributed by atoms with Gasteiger partial charge in [-0.1, -0.05) is 30.3 Å². The Bertz CT molecular complexity index is 697. The Balaban J connectivity index is 1.41. The van der Waals surface area contributed by atoms with Gasteiger partial charge in [-0.25, -0.2) is 0 Å². The summed E-state index contributed by atoms with van der Waals surface area (Å²) < 4.78 is 0. The number of likely N-dealkylation sites (tertiary alicyclic amines) is 1. The minimum Gasteiger partial charge on any atom is -0.344 e. The average Bonchev–Trinajstić information content (AvgIpc) is 3.26. The zero-order chi connectivity index (χ0) is 16.4. The first-order chi connectivity index (χ1) is 11.8. The van der Waals surface area contributed by atoms with E-state index in [0.29, 0.717) is 12.6 Å². The van der Waals surface area contributed by atoms with Crippen LogP contribution in [0.2, 0.25) is 0 Å². The highest BCUT2D eigenvalue weighted by Gasteiger charge is 2.33. The van der Waals surface area contributed by atoms with Crippen molar-refractivity contribution in [1.29, 1.82) is 0 Å². The van der Waals surface area contributed by atoms with Gasteiger partial charge in [0.1, 0.15) is 6.04 Å². The van der Waals surface area contributed by atoms with Gasteiger partial charge in [-0.2, -0.15) is 0 Å². The molecule has 2 aromatic rings. The number of hydrogen-bond donors (Lipinski definition) is 2. The minimum absolute atomic E-state index is 0.199. The summed E-state index contributed by atoms with van der Waals surface area (Å²) in [5, 5.41) is 5.45. The van der Waals surface area contributed by atoms with Crippen LogP contribution in [0.15, 0.2) is 41.8 Å². The summed E-state index contributed by atoms with van der Waals surface area (Å²) in [6, 6.07) is 13.6. The third-order valence-electron chi connectivity index (χ3n) is 5.46. The number of rotatable bonds is 4. The Labute approximate surface area is 147 Å². The first-order valence-corrected chi connectivity index (χ1v) is 9.94. The zero-order valence-corrected chi connectivity index (χ0v) is 14.8. The zero-order valence-electron chi connectivity index (χ0n) is 14.0. The largest absolute Gasteiger partial charge is 0.344 e. The van der Waals surface area contributed by atoms with E-state index in [1.165, 1.54) is 33.7 Å². The highest BCUT2D eigenvalue weighted by molar-refractivity contribution is 7.10. The predicted octanol–water partition coefficient (Wildman–Crippen LogP) is 2.66. The lowest BCUT2D eigenvalue weighted by Gasteiger charge is -2.27. The first-order valence-electron chi connectivity index (χ1n) is 9.06. The van der Waals surface area contributed by atoms with Gasteiger partial charge in [0.2, 0.25) is 0 Å².